The van der Waals surface area contributed by atoms with E-state index in [1.807, 2.05) is 60.7 Å². The summed E-state index contributed by atoms with van der Waals surface area (Å²) >= 11 is 0. The smallest absolute Gasteiger partial charge is 0.249 e. The molecule has 4 heteroatoms. The Hall–Kier alpha value is -2.85. The fourth-order valence-corrected chi connectivity index (χ4v) is 2.92. The molecule has 0 heterocycles. The van der Waals surface area contributed by atoms with E-state index in [0.29, 0.717) is 5.56 Å². The van der Waals surface area contributed by atoms with Crippen molar-refractivity contribution in [3.05, 3.63) is 77.9 Å². The number of hydrogen-bond acceptors (Lipinski definition) is 3. The summed E-state index contributed by atoms with van der Waals surface area (Å²) in [5.41, 5.74) is 1.58. The van der Waals surface area contributed by atoms with E-state index in [4.69, 9.17) is 4.74 Å². The van der Waals surface area contributed by atoms with Crippen molar-refractivity contribution < 1.29 is 14.6 Å². The van der Waals surface area contributed by atoms with Crippen LogP contribution in [0.4, 0.5) is 0 Å². The maximum absolute atomic E-state index is 12.5. The minimum absolute atomic E-state index is 0.151. The fraction of sp³-hybridized carbons (Fsp3) is 0.190. The Bertz CT molecular complexity index is 877. The molecule has 0 bridgehead atoms. The number of aromatic hydroxyl groups is 1. The van der Waals surface area contributed by atoms with Crippen LogP contribution >= 0.6 is 0 Å². The summed E-state index contributed by atoms with van der Waals surface area (Å²) in [4.78, 5) is 12.5. The molecule has 2 N–H and O–H groups in total. The first-order valence-electron chi connectivity index (χ1n) is 8.20. The monoisotopic (exact) mass is 335 g/mol. The number of nitrogens with one attached hydrogen (secondary N) is 1. The number of methoxy groups -OCH3 is 1. The van der Waals surface area contributed by atoms with Crippen LogP contribution in [0.1, 0.15) is 24.1 Å². The summed E-state index contributed by atoms with van der Waals surface area (Å²) in [7, 11) is 1.50. The third kappa shape index (κ3) is 3.49. The van der Waals surface area contributed by atoms with Gasteiger partial charge in [0.2, 0.25) is 5.91 Å². The summed E-state index contributed by atoms with van der Waals surface area (Å²) < 4.78 is 5.13. The number of phenolic OH excluding ortho intramolecular Hbond substituents is 1. The molecule has 0 aliphatic carbocycles. The van der Waals surface area contributed by atoms with E-state index >= 15 is 0 Å². The average Bonchev–Trinajstić information content (AvgIpc) is 2.66. The molecule has 3 aromatic carbocycles. The number of fused-ring (bicyclic) bond motifs is 1. The first-order valence-corrected chi connectivity index (χ1v) is 8.20. The van der Waals surface area contributed by atoms with Crippen molar-refractivity contribution in [3.8, 4) is 5.75 Å². The molecule has 2 atom stereocenters. The van der Waals surface area contributed by atoms with Crippen LogP contribution in [0.25, 0.3) is 10.8 Å². The third-order valence-corrected chi connectivity index (χ3v) is 4.38. The minimum atomic E-state index is -0.580. The van der Waals surface area contributed by atoms with Crippen LogP contribution in [-0.4, -0.2) is 24.2 Å². The summed E-state index contributed by atoms with van der Waals surface area (Å²) in [6.07, 6.45) is -0.580. The van der Waals surface area contributed by atoms with Gasteiger partial charge in [0.15, 0.2) is 0 Å². The molecule has 0 saturated carbocycles. The van der Waals surface area contributed by atoms with Gasteiger partial charge in [-0.15, -0.1) is 0 Å². The van der Waals surface area contributed by atoms with Crippen molar-refractivity contribution in [1.29, 1.82) is 0 Å². The number of carbonyl (C=O) groups is 1. The SMILES string of the molecule is CO[C@H](C)C(=O)N[C@@H](c1ccccc1)c1c(O)ccc2ccccc12. The number of rotatable bonds is 5. The zero-order valence-corrected chi connectivity index (χ0v) is 14.3. The molecule has 3 rings (SSSR count). The molecule has 0 unspecified atom stereocenters. The topological polar surface area (TPSA) is 58.6 Å². The molecule has 4 nitrogen and oxygen atoms in total. The average molecular weight is 335 g/mol. The Balaban J connectivity index is 2.15. The van der Waals surface area contributed by atoms with Crippen molar-refractivity contribution in [3.63, 3.8) is 0 Å². The van der Waals surface area contributed by atoms with Gasteiger partial charge >= 0.3 is 0 Å². The van der Waals surface area contributed by atoms with Gasteiger partial charge in [0.25, 0.3) is 0 Å². The molecule has 25 heavy (non-hydrogen) atoms. The highest BCUT2D eigenvalue weighted by Crippen LogP contribution is 2.35. The Morgan fingerprint density at radius 1 is 1.00 bits per heavy atom. The molecule has 0 radical (unpaired) electrons. The lowest BCUT2D eigenvalue weighted by atomic mass is 9.92. The second kappa shape index (κ2) is 7.36. The van der Waals surface area contributed by atoms with Gasteiger partial charge in [-0.25, -0.2) is 0 Å². The molecule has 0 aliphatic rings. The minimum Gasteiger partial charge on any atom is -0.508 e. The number of phenols is 1. The molecule has 0 spiro atoms. The van der Waals surface area contributed by atoms with Crippen LogP contribution in [0.15, 0.2) is 66.7 Å². The van der Waals surface area contributed by atoms with E-state index in [1.54, 1.807) is 13.0 Å². The van der Waals surface area contributed by atoms with Gasteiger partial charge < -0.3 is 15.2 Å². The van der Waals surface area contributed by atoms with Crippen molar-refractivity contribution in [1.82, 2.24) is 5.32 Å². The van der Waals surface area contributed by atoms with Crippen LogP contribution in [0.5, 0.6) is 5.75 Å². The van der Waals surface area contributed by atoms with Gasteiger partial charge in [0, 0.05) is 12.7 Å². The normalized spacial score (nSPS) is 13.4. The van der Waals surface area contributed by atoms with Gasteiger partial charge in [-0.05, 0) is 29.3 Å². The number of benzene rings is 3. The van der Waals surface area contributed by atoms with Gasteiger partial charge in [-0.2, -0.15) is 0 Å². The van der Waals surface area contributed by atoms with Crippen molar-refractivity contribution in [2.75, 3.05) is 7.11 Å². The first-order chi connectivity index (χ1) is 12.1. The van der Waals surface area contributed by atoms with Gasteiger partial charge in [-0.1, -0.05) is 60.7 Å². The highest BCUT2D eigenvalue weighted by molar-refractivity contribution is 5.90. The standard InChI is InChI=1S/C21H21NO3/c1-14(25-2)21(24)22-20(16-9-4-3-5-10-16)19-17-11-7-6-8-15(17)12-13-18(19)23/h3-14,20,23H,1-2H3,(H,22,24)/t14-,20+/m1/s1. The molecular weight excluding hydrogens is 314 g/mol. The quantitative estimate of drug-likeness (QED) is 0.746. The molecule has 0 aliphatic heterocycles. The van der Waals surface area contributed by atoms with Crippen molar-refractivity contribution >= 4 is 16.7 Å². The molecule has 3 aromatic rings. The van der Waals surface area contributed by atoms with Crippen LogP contribution in [0, 0.1) is 0 Å². The van der Waals surface area contributed by atoms with Crippen LogP contribution in [0.3, 0.4) is 0 Å². The highest BCUT2D eigenvalue weighted by Gasteiger charge is 2.24. The molecular formula is C21H21NO3. The Morgan fingerprint density at radius 3 is 2.40 bits per heavy atom. The van der Waals surface area contributed by atoms with Crippen LogP contribution in [-0.2, 0) is 9.53 Å². The molecule has 0 aromatic heterocycles. The maximum Gasteiger partial charge on any atom is 0.249 e. The maximum atomic E-state index is 12.5. The highest BCUT2D eigenvalue weighted by atomic mass is 16.5. The number of ether oxygens (including phenoxy) is 1. The predicted molar refractivity (Wildman–Crippen MR) is 98.5 cm³/mol. The Kier molecular flexibility index (Phi) is 5.00. The first kappa shape index (κ1) is 17.0. The summed E-state index contributed by atoms with van der Waals surface area (Å²) in [5, 5.41) is 15.5. The van der Waals surface area contributed by atoms with E-state index in [1.165, 1.54) is 7.11 Å². The molecule has 1 amide bonds. The largest absolute Gasteiger partial charge is 0.508 e. The van der Waals surface area contributed by atoms with E-state index in [-0.39, 0.29) is 11.7 Å². The number of carbonyl (C=O) groups excluding carboxylic acids is 1. The zero-order valence-electron chi connectivity index (χ0n) is 14.3. The molecule has 128 valence electrons. The zero-order chi connectivity index (χ0) is 17.8. The van der Waals surface area contributed by atoms with E-state index < -0.39 is 12.1 Å². The summed E-state index contributed by atoms with van der Waals surface area (Å²) in [6, 6.07) is 20.5. The van der Waals surface area contributed by atoms with Gasteiger partial charge in [-0.3, -0.25) is 4.79 Å². The number of hydrogen-bond donors (Lipinski definition) is 2. The fourth-order valence-electron chi connectivity index (χ4n) is 2.92. The second-order valence-electron chi connectivity index (χ2n) is 5.95. The lowest BCUT2D eigenvalue weighted by molar-refractivity contribution is -0.130. The lowest BCUT2D eigenvalue weighted by Gasteiger charge is -2.24. The summed E-state index contributed by atoms with van der Waals surface area (Å²) in [6.45, 7) is 1.69. The lowest BCUT2D eigenvalue weighted by Crippen LogP contribution is -2.37. The Labute approximate surface area is 147 Å². The van der Waals surface area contributed by atoms with Gasteiger partial charge in [0.1, 0.15) is 11.9 Å². The molecule has 0 fully saturated rings. The van der Waals surface area contributed by atoms with Crippen LogP contribution < -0.4 is 5.32 Å². The van der Waals surface area contributed by atoms with E-state index in [2.05, 4.69) is 5.32 Å². The van der Waals surface area contributed by atoms with Gasteiger partial charge in [0.05, 0.1) is 6.04 Å². The molecule has 0 saturated heterocycles. The second-order valence-corrected chi connectivity index (χ2v) is 5.95. The van der Waals surface area contributed by atoms with Crippen molar-refractivity contribution in [2.45, 2.75) is 19.1 Å². The van der Waals surface area contributed by atoms with E-state index in [0.717, 1.165) is 16.3 Å². The third-order valence-electron chi connectivity index (χ3n) is 4.38. The predicted octanol–water partition coefficient (Wildman–Crippen LogP) is 3.79. The van der Waals surface area contributed by atoms with Crippen molar-refractivity contribution in [2.24, 2.45) is 0 Å². The summed E-state index contributed by atoms with van der Waals surface area (Å²) in [5.74, 6) is -0.0818. The number of amides is 1. The van der Waals surface area contributed by atoms with E-state index in [9.17, 15) is 9.90 Å². The van der Waals surface area contributed by atoms with Crippen LogP contribution in [0.2, 0.25) is 0 Å². The Morgan fingerprint density at radius 2 is 1.68 bits per heavy atom.